The van der Waals surface area contributed by atoms with Gasteiger partial charge in [0.1, 0.15) is 0 Å². The van der Waals surface area contributed by atoms with E-state index in [0.717, 1.165) is 6.54 Å². The Bertz CT molecular complexity index is 149. The lowest BCUT2D eigenvalue weighted by Gasteiger charge is -2.23. The van der Waals surface area contributed by atoms with Gasteiger partial charge in [-0.1, -0.05) is 26.2 Å². The first-order valence-corrected chi connectivity index (χ1v) is 5.29. The van der Waals surface area contributed by atoms with E-state index in [0.29, 0.717) is 12.5 Å². The number of hydrogen-bond acceptors (Lipinski definition) is 2. The minimum atomic E-state index is 0.625. The van der Waals surface area contributed by atoms with Crippen LogP contribution in [0, 0.1) is 11.3 Å². The van der Waals surface area contributed by atoms with Crippen molar-refractivity contribution >= 4 is 0 Å². The first-order valence-electron chi connectivity index (χ1n) is 5.29. The van der Waals surface area contributed by atoms with E-state index in [1.54, 1.807) is 0 Å². The molecule has 0 rings (SSSR count). The molecule has 0 aromatic heterocycles. The lowest BCUT2D eigenvalue weighted by atomic mass is 10.1. The number of nitrogens with zero attached hydrogens (tertiary/aromatic N) is 2. The van der Waals surface area contributed by atoms with Crippen LogP contribution in [0.3, 0.4) is 0 Å². The normalized spacial score (nSPS) is 12.8. The van der Waals surface area contributed by atoms with Crippen LogP contribution in [0.5, 0.6) is 0 Å². The summed E-state index contributed by atoms with van der Waals surface area (Å²) in [6, 6.07) is 2.80. The zero-order valence-corrected chi connectivity index (χ0v) is 9.21. The highest BCUT2D eigenvalue weighted by atomic mass is 15.1. The van der Waals surface area contributed by atoms with Gasteiger partial charge in [-0.3, -0.25) is 0 Å². The van der Waals surface area contributed by atoms with Crippen molar-refractivity contribution in [3.05, 3.63) is 0 Å². The summed E-state index contributed by atoms with van der Waals surface area (Å²) < 4.78 is 0. The Morgan fingerprint density at radius 2 is 2.08 bits per heavy atom. The van der Waals surface area contributed by atoms with Gasteiger partial charge in [-0.25, -0.2) is 0 Å². The second kappa shape index (κ2) is 8.07. The quantitative estimate of drug-likeness (QED) is 0.566. The molecule has 0 radical (unpaired) electrons. The van der Waals surface area contributed by atoms with Gasteiger partial charge in [0.05, 0.1) is 6.07 Å². The van der Waals surface area contributed by atoms with Crippen LogP contribution >= 0.6 is 0 Å². The molecule has 0 N–H and O–H groups in total. The van der Waals surface area contributed by atoms with E-state index < -0.39 is 0 Å². The predicted molar refractivity (Wildman–Crippen MR) is 56.5 cm³/mol. The van der Waals surface area contributed by atoms with Crippen molar-refractivity contribution < 1.29 is 0 Å². The van der Waals surface area contributed by atoms with Gasteiger partial charge in [0, 0.05) is 19.0 Å². The highest BCUT2D eigenvalue weighted by Gasteiger charge is 2.07. The van der Waals surface area contributed by atoms with Gasteiger partial charge >= 0.3 is 0 Å². The van der Waals surface area contributed by atoms with Gasteiger partial charge in [-0.2, -0.15) is 5.26 Å². The molecule has 0 saturated carbocycles. The molecule has 0 fully saturated rings. The Kier molecular flexibility index (Phi) is 7.73. The molecule has 0 aliphatic carbocycles. The van der Waals surface area contributed by atoms with E-state index in [1.807, 2.05) is 0 Å². The largest absolute Gasteiger partial charge is 0.303 e. The highest BCUT2D eigenvalue weighted by Crippen LogP contribution is 2.08. The molecule has 0 unspecified atom stereocenters. The molecule has 0 aromatic carbocycles. The molecule has 0 saturated heterocycles. The third-order valence-electron chi connectivity index (χ3n) is 2.55. The van der Waals surface area contributed by atoms with Crippen molar-refractivity contribution in [2.24, 2.45) is 0 Å². The fourth-order valence-electron chi connectivity index (χ4n) is 1.36. The van der Waals surface area contributed by atoms with E-state index in [2.05, 4.69) is 31.9 Å². The number of nitriles is 1. The van der Waals surface area contributed by atoms with Crippen molar-refractivity contribution in [3.8, 4) is 6.07 Å². The molecule has 0 aromatic rings. The fraction of sp³-hybridized carbons (Fsp3) is 0.909. The Morgan fingerprint density at radius 1 is 1.38 bits per heavy atom. The maximum absolute atomic E-state index is 8.43. The van der Waals surface area contributed by atoms with Crippen LogP contribution in [-0.4, -0.2) is 24.5 Å². The minimum Gasteiger partial charge on any atom is -0.303 e. The summed E-state index contributed by atoms with van der Waals surface area (Å²) in [5.74, 6) is 0. The molecule has 1 atom stereocenters. The number of rotatable bonds is 7. The predicted octanol–water partition coefficient (Wildman–Crippen LogP) is 2.80. The standard InChI is InChI=1S/C11H22N2/c1-4-5-6-8-11(2)13(3)10-7-9-12/h11H,4-8,10H2,1-3H3/t11-/m1/s1. The van der Waals surface area contributed by atoms with E-state index in [-0.39, 0.29) is 0 Å². The van der Waals surface area contributed by atoms with Crippen LogP contribution in [-0.2, 0) is 0 Å². The highest BCUT2D eigenvalue weighted by molar-refractivity contribution is 4.73. The number of unbranched alkanes of at least 4 members (excludes halogenated alkanes) is 2. The average molecular weight is 182 g/mol. The van der Waals surface area contributed by atoms with Crippen molar-refractivity contribution in [1.82, 2.24) is 4.90 Å². The molecule has 0 aliphatic heterocycles. The van der Waals surface area contributed by atoms with Crippen LogP contribution in [0.15, 0.2) is 0 Å². The van der Waals surface area contributed by atoms with E-state index in [9.17, 15) is 0 Å². The van der Waals surface area contributed by atoms with Gasteiger partial charge < -0.3 is 4.90 Å². The summed E-state index contributed by atoms with van der Waals surface area (Å²) in [6.45, 7) is 5.38. The van der Waals surface area contributed by atoms with Gasteiger partial charge in [0.25, 0.3) is 0 Å². The molecule has 0 amide bonds. The van der Waals surface area contributed by atoms with Gasteiger partial charge in [-0.15, -0.1) is 0 Å². The second-order valence-electron chi connectivity index (χ2n) is 3.73. The molecule has 76 valence electrons. The molecule has 0 bridgehead atoms. The summed E-state index contributed by atoms with van der Waals surface area (Å²) in [5, 5.41) is 8.43. The van der Waals surface area contributed by atoms with E-state index in [4.69, 9.17) is 5.26 Å². The first-order chi connectivity index (χ1) is 6.22. The summed E-state index contributed by atoms with van der Waals surface area (Å²) in [6.07, 6.45) is 5.84. The maximum atomic E-state index is 8.43. The van der Waals surface area contributed by atoms with Crippen LogP contribution < -0.4 is 0 Å². The van der Waals surface area contributed by atoms with Crippen LogP contribution in [0.1, 0.15) is 46.0 Å². The first kappa shape index (κ1) is 12.4. The summed E-state index contributed by atoms with van der Waals surface area (Å²) >= 11 is 0. The Balaban J connectivity index is 3.45. The molecule has 0 spiro atoms. The van der Waals surface area contributed by atoms with Gasteiger partial charge in [0.15, 0.2) is 0 Å². The van der Waals surface area contributed by atoms with Crippen LogP contribution in [0.4, 0.5) is 0 Å². The van der Waals surface area contributed by atoms with Crippen molar-refractivity contribution in [2.75, 3.05) is 13.6 Å². The zero-order chi connectivity index (χ0) is 10.1. The Labute approximate surface area is 82.5 Å². The summed E-state index contributed by atoms with van der Waals surface area (Å²) in [5.41, 5.74) is 0. The maximum Gasteiger partial charge on any atom is 0.0635 e. The lowest BCUT2D eigenvalue weighted by molar-refractivity contribution is 0.247. The van der Waals surface area contributed by atoms with Gasteiger partial charge in [0.2, 0.25) is 0 Å². The van der Waals surface area contributed by atoms with Crippen molar-refractivity contribution in [1.29, 1.82) is 5.26 Å². The van der Waals surface area contributed by atoms with Crippen molar-refractivity contribution in [2.45, 2.75) is 52.0 Å². The number of hydrogen-bond donors (Lipinski definition) is 0. The summed E-state index contributed by atoms with van der Waals surface area (Å²) in [7, 11) is 2.11. The average Bonchev–Trinajstić information content (AvgIpc) is 2.14. The third kappa shape index (κ3) is 6.60. The molecular weight excluding hydrogens is 160 g/mol. The third-order valence-corrected chi connectivity index (χ3v) is 2.55. The molecular formula is C11H22N2. The summed E-state index contributed by atoms with van der Waals surface area (Å²) in [4.78, 5) is 2.28. The minimum absolute atomic E-state index is 0.625. The second-order valence-corrected chi connectivity index (χ2v) is 3.73. The van der Waals surface area contributed by atoms with E-state index >= 15 is 0 Å². The van der Waals surface area contributed by atoms with E-state index in [1.165, 1.54) is 25.7 Å². The Morgan fingerprint density at radius 3 is 2.62 bits per heavy atom. The fourth-order valence-corrected chi connectivity index (χ4v) is 1.36. The molecule has 2 heteroatoms. The van der Waals surface area contributed by atoms with Crippen LogP contribution in [0.25, 0.3) is 0 Å². The lowest BCUT2D eigenvalue weighted by Crippen LogP contribution is -2.29. The topological polar surface area (TPSA) is 27.0 Å². The van der Waals surface area contributed by atoms with Crippen molar-refractivity contribution in [3.63, 3.8) is 0 Å². The monoisotopic (exact) mass is 182 g/mol. The smallest absolute Gasteiger partial charge is 0.0635 e. The molecule has 13 heavy (non-hydrogen) atoms. The Hall–Kier alpha value is -0.550. The van der Waals surface area contributed by atoms with Crippen LogP contribution in [0.2, 0.25) is 0 Å². The van der Waals surface area contributed by atoms with Gasteiger partial charge in [-0.05, 0) is 20.4 Å². The SMILES string of the molecule is CCCCC[C@@H](C)N(C)CCC#N. The molecule has 0 heterocycles. The molecule has 0 aliphatic rings. The zero-order valence-electron chi connectivity index (χ0n) is 9.21. The molecule has 2 nitrogen and oxygen atoms in total.